The van der Waals surface area contributed by atoms with Gasteiger partial charge in [0.25, 0.3) is 5.91 Å². The predicted molar refractivity (Wildman–Crippen MR) is 119 cm³/mol. The minimum Gasteiger partial charge on any atom is -0.465 e. The van der Waals surface area contributed by atoms with Crippen LogP contribution in [0.5, 0.6) is 0 Å². The lowest BCUT2D eigenvalue weighted by atomic mass is 9.94. The number of sulfone groups is 1. The quantitative estimate of drug-likeness (QED) is 0.631. The third kappa shape index (κ3) is 3.85. The summed E-state index contributed by atoms with van der Waals surface area (Å²) in [4.78, 5) is 27.5. The van der Waals surface area contributed by atoms with Gasteiger partial charge >= 0.3 is 5.97 Å². The molecule has 1 saturated heterocycles. The normalized spacial score (nSPS) is 20.1. The molecule has 9 nitrogen and oxygen atoms in total. The van der Waals surface area contributed by atoms with Gasteiger partial charge in [-0.25, -0.2) is 13.2 Å². The number of carbonyl (C=O) groups is 2. The Morgan fingerprint density at radius 3 is 2.55 bits per heavy atom. The van der Waals surface area contributed by atoms with Crippen LogP contribution in [0.3, 0.4) is 0 Å². The van der Waals surface area contributed by atoms with Crippen molar-refractivity contribution in [3.63, 3.8) is 0 Å². The summed E-state index contributed by atoms with van der Waals surface area (Å²) in [5.41, 5.74) is 1.92. The Bertz CT molecular complexity index is 1210. The average molecular weight is 474 g/mol. The summed E-state index contributed by atoms with van der Waals surface area (Å²) < 4.78 is 38.5. The number of carbonyl (C=O) groups excluding carboxylic acids is 2. The first-order valence-corrected chi connectivity index (χ1v) is 13.0. The highest BCUT2D eigenvalue weighted by Gasteiger charge is 2.39. The Hall–Kier alpha value is -2.72. The number of hydrogen-bond donors (Lipinski definition) is 0. The molecule has 33 heavy (non-hydrogen) atoms. The van der Waals surface area contributed by atoms with E-state index in [9.17, 15) is 18.0 Å². The van der Waals surface area contributed by atoms with Crippen LogP contribution in [0.25, 0.3) is 11.3 Å². The van der Waals surface area contributed by atoms with E-state index in [1.807, 2.05) is 4.68 Å². The number of fused-ring (bicyclic) bond motifs is 3. The topological polar surface area (TPSA) is 108 Å². The third-order valence-electron chi connectivity index (χ3n) is 6.76. The first-order chi connectivity index (χ1) is 15.9. The van der Waals surface area contributed by atoms with Gasteiger partial charge in [0.1, 0.15) is 0 Å². The number of nitrogens with zero attached hydrogens (tertiary/aromatic N) is 3. The fourth-order valence-electron chi connectivity index (χ4n) is 5.07. The number of morpholine rings is 1. The monoisotopic (exact) mass is 473 g/mol. The second-order valence-electron chi connectivity index (χ2n) is 8.78. The van der Waals surface area contributed by atoms with Crippen molar-refractivity contribution in [2.24, 2.45) is 0 Å². The molecule has 0 spiro atoms. The zero-order chi connectivity index (χ0) is 23.2. The molecule has 1 aliphatic carbocycles. The molecule has 2 fully saturated rings. The van der Waals surface area contributed by atoms with Crippen LogP contribution >= 0.6 is 0 Å². The summed E-state index contributed by atoms with van der Waals surface area (Å²) in [6.07, 6.45) is 5.09. The molecule has 3 aliphatic rings. The largest absolute Gasteiger partial charge is 0.465 e. The maximum absolute atomic E-state index is 13.4. The maximum atomic E-state index is 13.4. The number of amides is 1. The van der Waals surface area contributed by atoms with Gasteiger partial charge in [-0.2, -0.15) is 5.10 Å². The molecule has 10 heteroatoms. The van der Waals surface area contributed by atoms with Crippen molar-refractivity contribution >= 4 is 21.7 Å². The van der Waals surface area contributed by atoms with E-state index >= 15 is 0 Å². The van der Waals surface area contributed by atoms with E-state index in [0.29, 0.717) is 43.1 Å². The number of aromatic nitrogens is 2. The van der Waals surface area contributed by atoms with E-state index in [0.717, 1.165) is 32.1 Å². The van der Waals surface area contributed by atoms with Crippen molar-refractivity contribution in [1.29, 1.82) is 0 Å². The molecular formula is C23H27N3O6S. The molecule has 2 aromatic rings. The lowest BCUT2D eigenvalue weighted by Crippen LogP contribution is -2.41. The van der Waals surface area contributed by atoms with Gasteiger partial charge in [0.2, 0.25) is 0 Å². The number of benzene rings is 1. The first kappa shape index (κ1) is 22.1. The van der Waals surface area contributed by atoms with Crippen molar-refractivity contribution in [3.05, 3.63) is 35.0 Å². The molecule has 0 atom stereocenters. The Labute approximate surface area is 192 Å². The molecule has 5 rings (SSSR count). The van der Waals surface area contributed by atoms with Crippen molar-refractivity contribution in [2.75, 3.05) is 33.4 Å². The molecule has 2 aliphatic heterocycles. The van der Waals surface area contributed by atoms with Gasteiger partial charge in [0.15, 0.2) is 15.5 Å². The molecule has 1 aromatic carbocycles. The lowest BCUT2D eigenvalue weighted by Gasteiger charge is -2.27. The molecule has 3 heterocycles. The van der Waals surface area contributed by atoms with Crippen LogP contribution in [0.1, 0.15) is 64.6 Å². The zero-order valence-corrected chi connectivity index (χ0v) is 19.4. The summed E-state index contributed by atoms with van der Waals surface area (Å²) in [6, 6.07) is 4.56. The van der Waals surface area contributed by atoms with E-state index < -0.39 is 15.8 Å². The summed E-state index contributed by atoms with van der Waals surface area (Å²) >= 11 is 0. The van der Waals surface area contributed by atoms with E-state index in [2.05, 4.69) is 0 Å². The van der Waals surface area contributed by atoms with Gasteiger partial charge in [-0.15, -0.1) is 0 Å². The van der Waals surface area contributed by atoms with Crippen LogP contribution in [0.4, 0.5) is 0 Å². The van der Waals surface area contributed by atoms with Crippen LogP contribution in [0.2, 0.25) is 0 Å². The number of hydrogen-bond acceptors (Lipinski definition) is 7. The number of ether oxygens (including phenoxy) is 2. The third-order valence-corrected chi connectivity index (χ3v) is 8.45. The highest BCUT2D eigenvalue weighted by Crippen LogP contribution is 2.43. The van der Waals surface area contributed by atoms with Crippen LogP contribution in [0, 0.1) is 0 Å². The summed E-state index contributed by atoms with van der Waals surface area (Å²) in [5.74, 6) is -1.10. The van der Waals surface area contributed by atoms with Crippen LogP contribution in [-0.2, 0) is 25.1 Å². The molecular weight excluding hydrogens is 446 g/mol. The molecule has 1 saturated carbocycles. The number of methoxy groups -OCH3 is 1. The molecule has 1 amide bonds. The van der Waals surface area contributed by atoms with Crippen LogP contribution in [-0.4, -0.2) is 68.4 Å². The van der Waals surface area contributed by atoms with E-state index in [-0.39, 0.29) is 33.9 Å². The average Bonchev–Trinajstić information content (AvgIpc) is 3.22. The van der Waals surface area contributed by atoms with Gasteiger partial charge in [0.05, 0.1) is 48.3 Å². The molecule has 1 aromatic heterocycles. The minimum atomic E-state index is -3.71. The maximum Gasteiger partial charge on any atom is 0.337 e. The second-order valence-corrected chi connectivity index (χ2v) is 10.7. The van der Waals surface area contributed by atoms with Crippen LogP contribution < -0.4 is 0 Å². The smallest absolute Gasteiger partial charge is 0.337 e. The van der Waals surface area contributed by atoms with E-state index in [4.69, 9.17) is 14.6 Å². The van der Waals surface area contributed by atoms with Crippen molar-refractivity contribution in [2.45, 2.75) is 48.8 Å². The Morgan fingerprint density at radius 2 is 1.85 bits per heavy atom. The van der Waals surface area contributed by atoms with Gasteiger partial charge in [0, 0.05) is 24.2 Å². The molecule has 0 N–H and O–H groups in total. The van der Waals surface area contributed by atoms with Gasteiger partial charge in [-0.05, 0) is 31.0 Å². The van der Waals surface area contributed by atoms with E-state index in [1.54, 1.807) is 11.0 Å². The van der Waals surface area contributed by atoms with Crippen LogP contribution in [0.15, 0.2) is 23.1 Å². The second kappa shape index (κ2) is 8.57. The highest BCUT2D eigenvalue weighted by molar-refractivity contribution is 7.90. The summed E-state index contributed by atoms with van der Waals surface area (Å²) in [5, 5.41) is 4.75. The van der Waals surface area contributed by atoms with Gasteiger partial charge in [-0.1, -0.05) is 19.3 Å². The fourth-order valence-corrected chi connectivity index (χ4v) is 6.64. The van der Waals surface area contributed by atoms with Gasteiger partial charge < -0.3 is 14.4 Å². The summed E-state index contributed by atoms with van der Waals surface area (Å²) in [6.45, 7) is 1.78. The highest BCUT2D eigenvalue weighted by atomic mass is 32.2. The number of esters is 1. The van der Waals surface area contributed by atoms with Crippen molar-refractivity contribution in [3.8, 4) is 11.3 Å². The minimum absolute atomic E-state index is 0.0779. The summed E-state index contributed by atoms with van der Waals surface area (Å²) in [7, 11) is -2.42. The van der Waals surface area contributed by atoms with Gasteiger partial charge in [-0.3, -0.25) is 9.48 Å². The molecule has 0 radical (unpaired) electrons. The SMILES string of the molecule is COC(=O)c1ccc2c(c1)-c1c(c(C(=O)N3CCOCC3)nn1C1CCCCC1)CS2(=O)=O. The predicted octanol–water partition coefficient (Wildman–Crippen LogP) is 2.60. The first-order valence-electron chi connectivity index (χ1n) is 11.3. The molecule has 0 unspecified atom stereocenters. The van der Waals surface area contributed by atoms with Crippen molar-refractivity contribution < 1.29 is 27.5 Å². The molecule has 0 bridgehead atoms. The number of rotatable bonds is 3. The lowest BCUT2D eigenvalue weighted by molar-refractivity contribution is 0.0297. The van der Waals surface area contributed by atoms with Crippen molar-refractivity contribution in [1.82, 2.24) is 14.7 Å². The Balaban J connectivity index is 1.71. The standard InChI is InChI=1S/C23H27N3O6S/c1-31-23(28)15-7-8-19-17(13-15)21-18(14-33(19,29)30)20(22(27)25-9-11-32-12-10-25)24-26(21)16-5-3-2-4-6-16/h7-8,13,16H,2-6,9-12,14H2,1H3. The fraction of sp³-hybridized carbons (Fsp3) is 0.522. The zero-order valence-electron chi connectivity index (χ0n) is 18.6. The molecule has 176 valence electrons. The Kier molecular flexibility index (Phi) is 5.74. The van der Waals surface area contributed by atoms with E-state index in [1.165, 1.54) is 19.2 Å². The Morgan fingerprint density at radius 1 is 1.12 bits per heavy atom.